The fraction of sp³-hybridized carbons (Fsp3) is 0.567. The molecule has 0 aliphatic heterocycles. The van der Waals surface area contributed by atoms with Gasteiger partial charge in [-0.3, -0.25) is 4.79 Å². The second-order valence-corrected chi connectivity index (χ2v) is 11.7. The molecule has 1 aliphatic rings. The summed E-state index contributed by atoms with van der Waals surface area (Å²) in [5.74, 6) is 2.25. The van der Waals surface area contributed by atoms with E-state index in [1.54, 1.807) is 0 Å². The lowest BCUT2D eigenvalue weighted by Crippen LogP contribution is -2.22. The van der Waals surface area contributed by atoms with Crippen molar-refractivity contribution in [2.24, 2.45) is 5.92 Å². The van der Waals surface area contributed by atoms with Crippen molar-refractivity contribution < 1.29 is 14.3 Å². The first-order chi connectivity index (χ1) is 16.0. The third-order valence-corrected chi connectivity index (χ3v) is 6.67. The van der Waals surface area contributed by atoms with E-state index in [0.717, 1.165) is 41.7 Å². The monoisotopic (exact) mass is 465 g/mol. The van der Waals surface area contributed by atoms with Crippen molar-refractivity contribution >= 4 is 11.6 Å². The van der Waals surface area contributed by atoms with Crippen molar-refractivity contribution in [3.63, 3.8) is 0 Å². The molecule has 0 radical (unpaired) electrons. The molecule has 4 nitrogen and oxygen atoms in total. The molecule has 3 rings (SSSR count). The Morgan fingerprint density at radius 3 is 2.18 bits per heavy atom. The summed E-state index contributed by atoms with van der Waals surface area (Å²) >= 11 is 0. The predicted molar refractivity (Wildman–Crippen MR) is 141 cm³/mol. The van der Waals surface area contributed by atoms with E-state index in [9.17, 15) is 4.79 Å². The Balaban J connectivity index is 1.51. The second-order valence-electron chi connectivity index (χ2n) is 11.7. The van der Waals surface area contributed by atoms with Crippen LogP contribution in [0.25, 0.3) is 0 Å². The third-order valence-electron chi connectivity index (χ3n) is 6.67. The molecule has 1 aliphatic carbocycles. The maximum Gasteiger partial charge on any atom is 0.262 e. The van der Waals surface area contributed by atoms with Crippen LogP contribution in [-0.2, 0) is 15.6 Å². The van der Waals surface area contributed by atoms with Gasteiger partial charge in [-0.2, -0.15) is 0 Å². The maximum atomic E-state index is 12.5. The average molecular weight is 466 g/mol. The quantitative estimate of drug-likeness (QED) is 0.435. The fourth-order valence-electron chi connectivity index (χ4n) is 4.50. The number of hydrogen-bond acceptors (Lipinski definition) is 3. The van der Waals surface area contributed by atoms with Gasteiger partial charge in [0.05, 0.1) is 6.61 Å². The second kappa shape index (κ2) is 11.3. The number of ether oxygens (including phenoxy) is 2. The van der Waals surface area contributed by atoms with Gasteiger partial charge in [0, 0.05) is 5.69 Å². The Bertz CT molecular complexity index is 929. The highest BCUT2D eigenvalue weighted by Crippen LogP contribution is 2.35. The van der Waals surface area contributed by atoms with Gasteiger partial charge in [-0.1, -0.05) is 85.8 Å². The molecule has 0 atom stereocenters. The van der Waals surface area contributed by atoms with Crippen LogP contribution in [0.1, 0.15) is 91.2 Å². The van der Waals surface area contributed by atoms with Gasteiger partial charge in [-0.05, 0) is 64.6 Å². The van der Waals surface area contributed by atoms with Crippen LogP contribution in [0.4, 0.5) is 5.69 Å². The first-order valence-electron chi connectivity index (χ1n) is 12.8. The lowest BCUT2D eigenvalue weighted by Gasteiger charge is -2.27. The molecule has 1 amide bonds. The van der Waals surface area contributed by atoms with E-state index in [0.29, 0.717) is 0 Å². The zero-order valence-corrected chi connectivity index (χ0v) is 22.0. The Hall–Kier alpha value is -2.49. The lowest BCUT2D eigenvalue weighted by atomic mass is 9.80. The van der Waals surface area contributed by atoms with Crippen LogP contribution in [0.15, 0.2) is 42.5 Å². The zero-order valence-electron chi connectivity index (χ0n) is 22.0. The van der Waals surface area contributed by atoms with Crippen LogP contribution in [0.5, 0.6) is 11.5 Å². The molecule has 186 valence electrons. The van der Waals surface area contributed by atoms with Gasteiger partial charge >= 0.3 is 0 Å². The van der Waals surface area contributed by atoms with E-state index < -0.39 is 0 Å². The highest BCUT2D eigenvalue weighted by molar-refractivity contribution is 5.91. The normalized spacial score (nSPS) is 15.1. The van der Waals surface area contributed by atoms with Gasteiger partial charge in [0.1, 0.15) is 11.5 Å². The van der Waals surface area contributed by atoms with Gasteiger partial charge in [0.2, 0.25) is 0 Å². The van der Waals surface area contributed by atoms with E-state index in [-0.39, 0.29) is 23.3 Å². The van der Waals surface area contributed by atoms with Gasteiger partial charge < -0.3 is 14.8 Å². The van der Waals surface area contributed by atoms with Crippen LogP contribution in [0, 0.1) is 5.92 Å². The Morgan fingerprint density at radius 1 is 0.882 bits per heavy atom. The summed E-state index contributed by atoms with van der Waals surface area (Å²) in [6.07, 6.45) is 7.92. The summed E-state index contributed by atoms with van der Waals surface area (Å²) < 4.78 is 11.9. The van der Waals surface area contributed by atoms with E-state index in [2.05, 4.69) is 59.0 Å². The summed E-state index contributed by atoms with van der Waals surface area (Å²) in [7, 11) is 0. The number of benzene rings is 2. The number of nitrogens with one attached hydrogen (secondary N) is 1. The van der Waals surface area contributed by atoms with Gasteiger partial charge in [-0.25, -0.2) is 0 Å². The van der Waals surface area contributed by atoms with E-state index >= 15 is 0 Å². The van der Waals surface area contributed by atoms with Gasteiger partial charge in [0.15, 0.2) is 6.61 Å². The minimum Gasteiger partial charge on any atom is -0.494 e. The van der Waals surface area contributed by atoms with Crippen molar-refractivity contribution in [1.29, 1.82) is 0 Å². The molecule has 4 heteroatoms. The number of rotatable bonds is 8. The van der Waals surface area contributed by atoms with Crippen LogP contribution in [0.2, 0.25) is 0 Å². The highest BCUT2D eigenvalue weighted by Gasteiger charge is 2.23. The van der Waals surface area contributed by atoms with Crippen molar-refractivity contribution in [3.05, 3.63) is 53.6 Å². The van der Waals surface area contributed by atoms with Crippen LogP contribution < -0.4 is 14.8 Å². The summed E-state index contributed by atoms with van der Waals surface area (Å²) in [6.45, 7) is 13.8. The third kappa shape index (κ3) is 7.78. The van der Waals surface area contributed by atoms with Crippen LogP contribution in [-0.4, -0.2) is 19.1 Å². The highest BCUT2D eigenvalue weighted by atomic mass is 16.5. The number of amides is 1. The summed E-state index contributed by atoms with van der Waals surface area (Å²) in [4.78, 5) is 12.5. The maximum absolute atomic E-state index is 12.5. The minimum atomic E-state index is -0.175. The summed E-state index contributed by atoms with van der Waals surface area (Å²) in [6, 6.07) is 13.9. The Labute approximate surface area is 206 Å². The molecular formula is C30H43NO3. The molecule has 1 saturated carbocycles. The lowest BCUT2D eigenvalue weighted by molar-refractivity contribution is -0.118. The minimum absolute atomic E-state index is 0.0302. The molecule has 0 heterocycles. The van der Waals surface area contributed by atoms with Crippen LogP contribution >= 0.6 is 0 Å². The van der Waals surface area contributed by atoms with Crippen molar-refractivity contribution in [3.8, 4) is 11.5 Å². The molecule has 0 unspecified atom stereocenters. The standard InChI is InChI=1S/C30H43NO3/c1-29(2,3)23-12-17-27(26(20-23)30(4,5)6)34-21-28(32)31-24-13-15-25(16-14-24)33-19-18-22-10-8-7-9-11-22/h12-17,20,22H,7-11,18-19,21H2,1-6H3,(H,31,32). The average Bonchev–Trinajstić information content (AvgIpc) is 2.78. The summed E-state index contributed by atoms with van der Waals surface area (Å²) in [5, 5.41) is 2.92. The van der Waals surface area contributed by atoms with Crippen LogP contribution in [0.3, 0.4) is 0 Å². The summed E-state index contributed by atoms with van der Waals surface area (Å²) in [5.41, 5.74) is 3.09. The number of carbonyl (C=O) groups excluding carboxylic acids is 1. The first-order valence-corrected chi connectivity index (χ1v) is 12.8. The molecule has 0 aromatic heterocycles. The molecule has 2 aromatic carbocycles. The van der Waals surface area contributed by atoms with Crippen molar-refractivity contribution in [2.45, 2.75) is 90.9 Å². The van der Waals surface area contributed by atoms with Gasteiger partial charge in [0.25, 0.3) is 5.91 Å². The molecule has 1 N–H and O–H groups in total. The molecule has 0 saturated heterocycles. The SMILES string of the molecule is CC(C)(C)c1ccc(OCC(=O)Nc2ccc(OCCC3CCCCC3)cc2)c(C(C)(C)C)c1. The molecule has 0 spiro atoms. The van der Waals surface area contributed by atoms with E-state index in [1.807, 2.05) is 30.3 Å². The fourth-order valence-corrected chi connectivity index (χ4v) is 4.50. The molecule has 2 aromatic rings. The molecule has 34 heavy (non-hydrogen) atoms. The number of carbonyl (C=O) groups is 1. The molecule has 1 fully saturated rings. The topological polar surface area (TPSA) is 47.6 Å². The van der Waals surface area contributed by atoms with E-state index in [4.69, 9.17) is 9.47 Å². The first kappa shape index (κ1) is 26.1. The Kier molecular flexibility index (Phi) is 8.67. The molecule has 0 bridgehead atoms. The predicted octanol–water partition coefficient (Wildman–Crippen LogP) is 7.65. The van der Waals surface area contributed by atoms with Crippen molar-refractivity contribution in [2.75, 3.05) is 18.5 Å². The van der Waals surface area contributed by atoms with Crippen molar-refractivity contribution in [1.82, 2.24) is 0 Å². The largest absolute Gasteiger partial charge is 0.494 e. The number of hydrogen-bond donors (Lipinski definition) is 1. The van der Waals surface area contributed by atoms with E-state index in [1.165, 1.54) is 37.7 Å². The smallest absolute Gasteiger partial charge is 0.262 e. The van der Waals surface area contributed by atoms with Gasteiger partial charge in [-0.15, -0.1) is 0 Å². The molecular weight excluding hydrogens is 422 g/mol. The zero-order chi connectivity index (χ0) is 24.8. The number of anilines is 1. The Morgan fingerprint density at radius 2 is 1.56 bits per heavy atom.